The molecule has 1 amide bonds. The molecular formula is C16H21BrN2O5. The maximum atomic E-state index is 11.9. The fourth-order valence-electron chi connectivity index (χ4n) is 2.18. The monoisotopic (exact) mass is 400 g/mol. The zero-order valence-corrected chi connectivity index (χ0v) is 15.7. The minimum absolute atomic E-state index is 0.102. The van der Waals surface area contributed by atoms with Crippen LogP contribution in [0.2, 0.25) is 0 Å². The third-order valence-corrected chi connectivity index (χ3v) is 4.07. The first-order chi connectivity index (χ1) is 11.0. The van der Waals surface area contributed by atoms with Gasteiger partial charge in [-0.3, -0.25) is 10.1 Å². The molecule has 0 spiro atoms. The summed E-state index contributed by atoms with van der Waals surface area (Å²) in [7, 11) is 0. The molecule has 0 bridgehead atoms. The fraction of sp³-hybridized carbons (Fsp3) is 0.562. The molecule has 132 valence electrons. The molecule has 24 heavy (non-hydrogen) atoms. The van der Waals surface area contributed by atoms with Crippen molar-refractivity contribution in [2.45, 2.75) is 51.7 Å². The highest BCUT2D eigenvalue weighted by Crippen LogP contribution is 2.40. The van der Waals surface area contributed by atoms with Crippen LogP contribution in [0.5, 0.6) is 5.75 Å². The van der Waals surface area contributed by atoms with E-state index in [2.05, 4.69) is 21.2 Å². The van der Waals surface area contributed by atoms with E-state index in [1.165, 1.54) is 6.07 Å². The Hall–Kier alpha value is -1.83. The molecule has 1 saturated carbocycles. The Morgan fingerprint density at radius 1 is 1.42 bits per heavy atom. The molecule has 8 heteroatoms. The first-order valence-corrected chi connectivity index (χ1v) is 8.39. The molecule has 7 nitrogen and oxygen atoms in total. The van der Waals surface area contributed by atoms with E-state index in [9.17, 15) is 14.9 Å². The molecule has 0 radical (unpaired) electrons. The van der Waals surface area contributed by atoms with E-state index in [-0.39, 0.29) is 18.0 Å². The summed E-state index contributed by atoms with van der Waals surface area (Å²) < 4.78 is 11.4. The molecule has 1 fully saturated rings. The summed E-state index contributed by atoms with van der Waals surface area (Å²) in [4.78, 5) is 22.6. The molecule has 0 aliphatic heterocycles. The van der Waals surface area contributed by atoms with E-state index in [0.29, 0.717) is 4.47 Å². The lowest BCUT2D eigenvalue weighted by Gasteiger charge is -2.23. The molecule has 0 unspecified atom stereocenters. The predicted octanol–water partition coefficient (Wildman–Crippen LogP) is 4.10. The van der Waals surface area contributed by atoms with Crippen molar-refractivity contribution in [2.24, 2.45) is 0 Å². The van der Waals surface area contributed by atoms with E-state index in [0.717, 1.165) is 18.4 Å². The number of nitro benzene ring substituents is 1. The van der Waals surface area contributed by atoms with Crippen molar-refractivity contribution in [3.8, 4) is 5.75 Å². The van der Waals surface area contributed by atoms with E-state index in [4.69, 9.17) is 9.47 Å². The molecule has 0 atom stereocenters. The highest BCUT2D eigenvalue weighted by Gasteiger charge is 2.46. The van der Waals surface area contributed by atoms with Gasteiger partial charge in [-0.25, -0.2) is 4.79 Å². The van der Waals surface area contributed by atoms with E-state index in [1.54, 1.807) is 33.8 Å². The van der Waals surface area contributed by atoms with Gasteiger partial charge in [0.15, 0.2) is 0 Å². The van der Waals surface area contributed by atoms with Gasteiger partial charge in [0.1, 0.15) is 12.2 Å². The lowest BCUT2D eigenvalue weighted by molar-refractivity contribution is -0.386. The Kier molecular flexibility index (Phi) is 5.08. The first kappa shape index (κ1) is 18.5. The SMILES string of the molecule is Cc1cc(Br)c(OCC2(NC(=O)OC(C)(C)C)CC2)c([N+](=O)[O-])c1. The third-order valence-electron chi connectivity index (χ3n) is 3.48. The van der Waals surface area contributed by atoms with E-state index in [1.807, 2.05) is 0 Å². The number of alkyl carbamates (subject to hydrolysis) is 1. The van der Waals surface area contributed by atoms with Gasteiger partial charge in [0.2, 0.25) is 5.75 Å². The molecule has 1 aliphatic carbocycles. The molecule has 1 aromatic carbocycles. The number of aryl methyl sites for hydroxylation is 1. The second-order valence-electron chi connectivity index (χ2n) is 7.05. The van der Waals surface area contributed by atoms with Gasteiger partial charge in [0, 0.05) is 6.07 Å². The van der Waals surface area contributed by atoms with E-state index < -0.39 is 22.2 Å². The summed E-state index contributed by atoms with van der Waals surface area (Å²) in [5.74, 6) is 0.169. The van der Waals surface area contributed by atoms with Crippen LogP contribution in [-0.2, 0) is 4.74 Å². The minimum Gasteiger partial charge on any atom is -0.484 e. The average molecular weight is 401 g/mol. The van der Waals surface area contributed by atoms with Gasteiger partial charge in [0.05, 0.1) is 14.9 Å². The van der Waals surface area contributed by atoms with Crippen LogP contribution in [0.3, 0.4) is 0 Å². The topological polar surface area (TPSA) is 90.7 Å². The summed E-state index contributed by atoms with van der Waals surface area (Å²) in [5, 5.41) is 14.0. The number of carbonyl (C=O) groups is 1. The number of nitrogens with one attached hydrogen (secondary N) is 1. The van der Waals surface area contributed by atoms with Crippen LogP contribution in [0.4, 0.5) is 10.5 Å². The summed E-state index contributed by atoms with van der Waals surface area (Å²) in [6.45, 7) is 7.28. The Morgan fingerprint density at radius 2 is 2.04 bits per heavy atom. The molecule has 0 aromatic heterocycles. The van der Waals surface area contributed by atoms with Gasteiger partial charge in [0.25, 0.3) is 0 Å². The molecule has 1 aliphatic rings. The van der Waals surface area contributed by atoms with Crippen LogP contribution in [0, 0.1) is 17.0 Å². The molecule has 1 aromatic rings. The number of rotatable bonds is 5. The van der Waals surface area contributed by atoms with Crippen LogP contribution in [0.25, 0.3) is 0 Å². The van der Waals surface area contributed by atoms with Crippen molar-refractivity contribution in [2.75, 3.05) is 6.61 Å². The maximum Gasteiger partial charge on any atom is 0.408 e. The van der Waals surface area contributed by atoms with Crippen molar-refractivity contribution < 1.29 is 19.2 Å². The maximum absolute atomic E-state index is 11.9. The quantitative estimate of drug-likeness (QED) is 0.593. The van der Waals surface area contributed by atoms with Crippen LogP contribution in [-0.4, -0.2) is 28.8 Å². The molecule has 0 heterocycles. The smallest absolute Gasteiger partial charge is 0.408 e. The Bertz CT molecular complexity index is 665. The number of nitro groups is 1. The Balaban J connectivity index is 2.06. The summed E-state index contributed by atoms with van der Waals surface area (Å²) in [6.07, 6.45) is 0.966. The van der Waals surface area contributed by atoms with Gasteiger partial charge in [-0.05, 0) is 68.1 Å². The van der Waals surface area contributed by atoms with Gasteiger partial charge in [-0.2, -0.15) is 0 Å². The summed E-state index contributed by atoms with van der Waals surface area (Å²) in [5.41, 5.74) is -0.454. The second-order valence-corrected chi connectivity index (χ2v) is 7.90. The molecule has 2 rings (SSSR count). The predicted molar refractivity (Wildman–Crippen MR) is 92.4 cm³/mol. The third kappa shape index (κ3) is 4.83. The molecule has 1 N–H and O–H groups in total. The zero-order chi connectivity index (χ0) is 18.1. The number of ether oxygens (including phenoxy) is 2. The normalized spacial score (nSPS) is 15.5. The van der Waals surface area contributed by atoms with Gasteiger partial charge < -0.3 is 14.8 Å². The van der Waals surface area contributed by atoms with Crippen LogP contribution >= 0.6 is 15.9 Å². The molecule has 0 saturated heterocycles. The van der Waals surface area contributed by atoms with Crippen molar-refractivity contribution in [3.05, 3.63) is 32.3 Å². The van der Waals surface area contributed by atoms with Crippen molar-refractivity contribution >= 4 is 27.7 Å². The zero-order valence-electron chi connectivity index (χ0n) is 14.1. The second kappa shape index (κ2) is 6.58. The highest BCUT2D eigenvalue weighted by molar-refractivity contribution is 9.10. The summed E-state index contributed by atoms with van der Waals surface area (Å²) >= 11 is 3.30. The lowest BCUT2D eigenvalue weighted by atomic mass is 10.2. The number of carbonyl (C=O) groups excluding carboxylic acids is 1. The number of benzene rings is 1. The largest absolute Gasteiger partial charge is 0.484 e. The summed E-state index contributed by atoms with van der Waals surface area (Å²) in [6, 6.07) is 3.21. The average Bonchev–Trinajstić information content (AvgIpc) is 3.14. The highest BCUT2D eigenvalue weighted by atomic mass is 79.9. The van der Waals surface area contributed by atoms with Crippen molar-refractivity contribution in [1.82, 2.24) is 5.32 Å². The van der Waals surface area contributed by atoms with E-state index >= 15 is 0 Å². The Morgan fingerprint density at radius 3 is 2.54 bits per heavy atom. The van der Waals surface area contributed by atoms with Gasteiger partial charge >= 0.3 is 11.8 Å². The molecular weight excluding hydrogens is 380 g/mol. The Labute approximate surface area is 149 Å². The lowest BCUT2D eigenvalue weighted by Crippen LogP contribution is -2.44. The van der Waals surface area contributed by atoms with Crippen molar-refractivity contribution in [1.29, 1.82) is 0 Å². The number of halogens is 1. The van der Waals surface area contributed by atoms with Gasteiger partial charge in [-0.15, -0.1) is 0 Å². The van der Waals surface area contributed by atoms with Crippen LogP contribution in [0.15, 0.2) is 16.6 Å². The van der Waals surface area contributed by atoms with Crippen LogP contribution in [0.1, 0.15) is 39.2 Å². The first-order valence-electron chi connectivity index (χ1n) is 7.60. The van der Waals surface area contributed by atoms with Gasteiger partial charge in [-0.1, -0.05) is 0 Å². The van der Waals surface area contributed by atoms with Crippen molar-refractivity contribution in [3.63, 3.8) is 0 Å². The van der Waals surface area contributed by atoms with Crippen LogP contribution < -0.4 is 10.1 Å². The standard InChI is InChI=1S/C16H21BrN2O5/c1-10-7-11(17)13(12(8-10)19(21)22)23-9-16(5-6-16)18-14(20)24-15(2,3)4/h7-8H,5-6,9H2,1-4H3,(H,18,20). The number of hydrogen-bond acceptors (Lipinski definition) is 5. The minimum atomic E-state index is -0.584. The number of hydrogen-bond donors (Lipinski definition) is 1. The fourth-order valence-corrected chi connectivity index (χ4v) is 2.85. The number of nitrogens with zero attached hydrogens (tertiary/aromatic N) is 1. The number of amides is 1.